The van der Waals surface area contributed by atoms with Crippen molar-refractivity contribution in [3.63, 3.8) is 0 Å². The molecule has 1 aromatic heterocycles. The molecule has 38 heavy (non-hydrogen) atoms. The Bertz CT molecular complexity index is 1280. The van der Waals surface area contributed by atoms with Crippen LogP contribution in [0.25, 0.3) is 5.69 Å². The van der Waals surface area contributed by atoms with Gasteiger partial charge in [-0.3, -0.25) is 9.59 Å². The number of nitrogens with zero attached hydrogens (tertiary/aromatic N) is 2. The molecule has 0 fully saturated rings. The number of halogens is 4. The Labute approximate surface area is 215 Å². The van der Waals surface area contributed by atoms with E-state index in [0.29, 0.717) is 0 Å². The maximum absolute atomic E-state index is 14.5. The fourth-order valence-corrected chi connectivity index (χ4v) is 3.35. The van der Waals surface area contributed by atoms with Crippen molar-refractivity contribution in [3.05, 3.63) is 77.2 Å². The molecule has 1 heterocycles. The van der Waals surface area contributed by atoms with Crippen LogP contribution >= 0.6 is 0 Å². The number of amides is 1. The Balaban J connectivity index is 1.92. The second-order valence-electron chi connectivity index (χ2n) is 9.67. The third-order valence-corrected chi connectivity index (χ3v) is 5.70. The molecule has 3 aromatic rings. The predicted molar refractivity (Wildman–Crippen MR) is 128 cm³/mol. The van der Waals surface area contributed by atoms with Crippen molar-refractivity contribution in [1.82, 2.24) is 15.1 Å². The van der Waals surface area contributed by atoms with Gasteiger partial charge in [0.05, 0.1) is 24.1 Å². The first-order chi connectivity index (χ1) is 17.7. The van der Waals surface area contributed by atoms with Crippen LogP contribution < -0.4 is 10.1 Å². The molecular formula is C26H27F4N3O5. The maximum atomic E-state index is 14.5. The third-order valence-electron chi connectivity index (χ3n) is 5.70. The molecule has 0 aliphatic heterocycles. The molecule has 1 amide bonds. The quantitative estimate of drug-likeness (QED) is 0.339. The zero-order valence-corrected chi connectivity index (χ0v) is 20.8. The van der Waals surface area contributed by atoms with Crippen molar-refractivity contribution in [1.29, 1.82) is 0 Å². The number of carbonyl (C=O) groups is 2. The van der Waals surface area contributed by atoms with Gasteiger partial charge in [-0.2, -0.15) is 23.0 Å². The molecule has 204 valence electrons. The molecule has 0 aliphatic rings. The lowest BCUT2D eigenvalue weighted by Crippen LogP contribution is -2.32. The second kappa shape index (κ2) is 11.2. The van der Waals surface area contributed by atoms with Crippen LogP contribution in [0.2, 0.25) is 0 Å². The fraction of sp³-hybridized carbons (Fsp3) is 0.346. The van der Waals surface area contributed by atoms with E-state index in [1.54, 1.807) is 26.8 Å². The summed E-state index contributed by atoms with van der Waals surface area (Å²) >= 11 is 0. The Kier molecular flexibility index (Phi) is 8.45. The number of benzene rings is 2. The summed E-state index contributed by atoms with van der Waals surface area (Å²) in [5.41, 5.74) is -1.64. The fourth-order valence-electron chi connectivity index (χ4n) is 3.35. The highest BCUT2D eigenvalue weighted by Crippen LogP contribution is 2.31. The molecule has 0 saturated heterocycles. The first kappa shape index (κ1) is 28.6. The SMILES string of the molecule is CC(C)(C)[C@@H](O)COc1cc(C(=O)N[C@@H](CC(=O)O)c2ccc(C(F)(F)F)cc2)nn1-c1ccccc1F. The summed E-state index contributed by atoms with van der Waals surface area (Å²) in [5.74, 6) is -2.90. The van der Waals surface area contributed by atoms with Crippen molar-refractivity contribution in [2.45, 2.75) is 45.5 Å². The standard InChI is InChI=1S/C26H27F4N3O5/c1-25(2,3)21(34)14-38-22-12-19(32-33(22)20-7-5-4-6-17(20)27)24(37)31-18(13-23(35)36)15-8-10-16(11-9-15)26(28,29)30/h4-12,18,21,34H,13-14H2,1-3H3,(H,31,37)(H,35,36)/t18-,21-/m0/s1. The van der Waals surface area contributed by atoms with E-state index in [4.69, 9.17) is 4.74 Å². The molecule has 0 spiro atoms. The zero-order valence-electron chi connectivity index (χ0n) is 20.8. The summed E-state index contributed by atoms with van der Waals surface area (Å²) in [6.45, 7) is 5.17. The van der Waals surface area contributed by atoms with Gasteiger partial charge in [0, 0.05) is 6.07 Å². The highest BCUT2D eigenvalue weighted by Gasteiger charge is 2.31. The normalized spacial score (nSPS) is 13.6. The zero-order chi connectivity index (χ0) is 28.3. The monoisotopic (exact) mass is 537 g/mol. The number of carbonyl (C=O) groups excluding carboxylic acids is 1. The summed E-state index contributed by atoms with van der Waals surface area (Å²) < 4.78 is 60.0. The van der Waals surface area contributed by atoms with Gasteiger partial charge in [0.2, 0.25) is 5.88 Å². The number of hydrogen-bond acceptors (Lipinski definition) is 5. The minimum Gasteiger partial charge on any atom is -0.481 e. The number of hydrogen-bond donors (Lipinski definition) is 3. The Morgan fingerprint density at radius 1 is 1.08 bits per heavy atom. The average molecular weight is 538 g/mol. The number of aliphatic hydroxyl groups excluding tert-OH is 1. The Morgan fingerprint density at radius 3 is 2.26 bits per heavy atom. The van der Waals surface area contributed by atoms with Crippen molar-refractivity contribution < 1.29 is 42.1 Å². The molecule has 0 aliphatic carbocycles. The highest BCUT2D eigenvalue weighted by atomic mass is 19.4. The molecule has 0 bridgehead atoms. The van der Waals surface area contributed by atoms with Gasteiger partial charge in [-0.05, 0) is 35.2 Å². The summed E-state index contributed by atoms with van der Waals surface area (Å²) in [7, 11) is 0. The van der Waals surface area contributed by atoms with Crippen LogP contribution in [0.5, 0.6) is 5.88 Å². The van der Waals surface area contributed by atoms with Gasteiger partial charge in [0.1, 0.15) is 18.1 Å². The largest absolute Gasteiger partial charge is 0.481 e. The van der Waals surface area contributed by atoms with E-state index in [9.17, 15) is 37.4 Å². The molecular weight excluding hydrogens is 510 g/mol. The molecule has 3 rings (SSSR count). The van der Waals surface area contributed by atoms with E-state index in [1.807, 2.05) is 0 Å². The lowest BCUT2D eigenvalue weighted by atomic mass is 9.90. The van der Waals surface area contributed by atoms with Crippen LogP contribution in [-0.2, 0) is 11.0 Å². The van der Waals surface area contributed by atoms with Gasteiger partial charge in [0.15, 0.2) is 5.69 Å². The van der Waals surface area contributed by atoms with Crippen molar-refractivity contribution in [2.24, 2.45) is 5.41 Å². The van der Waals surface area contributed by atoms with Crippen LogP contribution in [0.1, 0.15) is 54.8 Å². The lowest BCUT2D eigenvalue weighted by molar-refractivity contribution is -0.138. The first-order valence-corrected chi connectivity index (χ1v) is 11.5. The van der Waals surface area contributed by atoms with E-state index in [1.165, 1.54) is 24.3 Å². The molecule has 0 unspecified atom stereocenters. The summed E-state index contributed by atoms with van der Waals surface area (Å²) in [5, 5.41) is 26.2. The molecule has 8 nitrogen and oxygen atoms in total. The number of para-hydroxylation sites is 1. The number of carboxylic acid groups (broad SMARTS) is 1. The van der Waals surface area contributed by atoms with Gasteiger partial charge in [0.25, 0.3) is 5.91 Å². The number of ether oxygens (including phenoxy) is 1. The van der Waals surface area contributed by atoms with Crippen molar-refractivity contribution in [2.75, 3.05) is 6.61 Å². The van der Waals surface area contributed by atoms with Gasteiger partial charge >= 0.3 is 12.1 Å². The summed E-state index contributed by atoms with van der Waals surface area (Å²) in [6, 6.07) is 9.32. The van der Waals surface area contributed by atoms with Crippen LogP contribution in [0.4, 0.5) is 17.6 Å². The van der Waals surface area contributed by atoms with E-state index in [2.05, 4.69) is 10.4 Å². The Hall–Kier alpha value is -3.93. The maximum Gasteiger partial charge on any atom is 0.416 e. The van der Waals surface area contributed by atoms with Crippen LogP contribution in [0, 0.1) is 11.2 Å². The van der Waals surface area contributed by atoms with E-state index in [0.717, 1.165) is 28.9 Å². The molecule has 2 atom stereocenters. The lowest BCUT2D eigenvalue weighted by Gasteiger charge is -2.25. The van der Waals surface area contributed by atoms with Crippen molar-refractivity contribution in [3.8, 4) is 11.6 Å². The minimum atomic E-state index is -4.58. The number of aliphatic hydroxyl groups is 1. The first-order valence-electron chi connectivity index (χ1n) is 11.5. The molecule has 0 saturated carbocycles. The van der Waals surface area contributed by atoms with E-state index >= 15 is 0 Å². The van der Waals surface area contributed by atoms with Crippen molar-refractivity contribution >= 4 is 11.9 Å². The topological polar surface area (TPSA) is 114 Å². The number of carboxylic acids is 1. The average Bonchev–Trinajstić information content (AvgIpc) is 3.25. The summed E-state index contributed by atoms with van der Waals surface area (Å²) in [4.78, 5) is 24.5. The van der Waals surface area contributed by atoms with Crippen LogP contribution in [0.3, 0.4) is 0 Å². The van der Waals surface area contributed by atoms with E-state index in [-0.39, 0.29) is 29.4 Å². The predicted octanol–water partition coefficient (Wildman–Crippen LogP) is 4.76. The van der Waals surface area contributed by atoms with Crippen LogP contribution in [0.15, 0.2) is 54.6 Å². The molecule has 3 N–H and O–H groups in total. The number of nitrogens with one attached hydrogen (secondary N) is 1. The van der Waals surface area contributed by atoms with Gasteiger partial charge in [-0.15, -0.1) is 0 Å². The smallest absolute Gasteiger partial charge is 0.416 e. The minimum absolute atomic E-state index is 0.0448. The highest BCUT2D eigenvalue weighted by molar-refractivity contribution is 5.93. The number of aliphatic carboxylic acids is 1. The molecule has 12 heteroatoms. The molecule has 2 aromatic carbocycles. The number of alkyl halides is 3. The van der Waals surface area contributed by atoms with Gasteiger partial charge in [-0.25, -0.2) is 4.39 Å². The number of rotatable bonds is 9. The third kappa shape index (κ3) is 7.09. The van der Waals surface area contributed by atoms with E-state index < -0.39 is 53.4 Å². The number of aromatic nitrogens is 2. The second-order valence-corrected chi connectivity index (χ2v) is 9.67. The summed E-state index contributed by atoms with van der Waals surface area (Å²) in [6.07, 6.45) is -6.12. The molecule has 0 radical (unpaired) electrons. The van der Waals surface area contributed by atoms with Gasteiger partial charge < -0.3 is 20.3 Å². The Morgan fingerprint density at radius 2 is 1.71 bits per heavy atom. The van der Waals surface area contributed by atoms with Gasteiger partial charge in [-0.1, -0.05) is 45.0 Å². The van der Waals surface area contributed by atoms with Crippen LogP contribution in [-0.4, -0.2) is 44.6 Å².